The van der Waals surface area contributed by atoms with Crippen LogP contribution in [0.2, 0.25) is 10.0 Å². The Balaban J connectivity index is 0.000000192. The van der Waals surface area contributed by atoms with E-state index in [9.17, 15) is 32.8 Å². The van der Waals surface area contributed by atoms with E-state index in [-0.39, 0.29) is 44.0 Å². The zero-order valence-electron chi connectivity index (χ0n) is 49.7. The summed E-state index contributed by atoms with van der Waals surface area (Å²) >= 11 is 13.1. The summed E-state index contributed by atoms with van der Waals surface area (Å²) in [5.74, 6) is 1.52. The van der Waals surface area contributed by atoms with E-state index in [1.54, 1.807) is 48.8 Å². The van der Waals surface area contributed by atoms with Crippen molar-refractivity contribution in [2.24, 2.45) is 7.05 Å². The lowest BCUT2D eigenvalue weighted by atomic mass is 10.1. The maximum atomic E-state index is 13.4. The summed E-state index contributed by atoms with van der Waals surface area (Å²) in [6.45, 7) is 1.93. The summed E-state index contributed by atoms with van der Waals surface area (Å²) in [4.78, 5) is 74.8. The molecule has 0 aliphatic carbocycles. The molecule has 0 atom stereocenters. The van der Waals surface area contributed by atoms with Crippen LogP contribution in [0.25, 0.3) is 33.2 Å². The van der Waals surface area contributed by atoms with Gasteiger partial charge in [-0.15, -0.1) is 0 Å². The zero-order valence-corrected chi connectivity index (χ0v) is 51.2. The molecule has 23 nitrogen and oxygen atoms in total. The standard InChI is InChI=1S/C34H26ClFN4O7.C33H25ClFN5O7/c1-43-26-11-14-40(21-6-4-20(36)5-7-21)34(42)30(26)33(41)39-24-9-8-22(18-23(24)35)47-27-10-13-38-25-19-28(44-15-3-2-12-37)31-32(29(25)27)46-17-16-45-31;1-39-18-22(32(42)40(33(39)43)20-6-4-19(35)5-7-20)31(41)38-24-9-8-21(16-23(24)34)47-26-10-12-37-25-17-27(44-13-3-2-11-36)29-30(28(25)26)46-15-14-45-29/h4-11,13-14,18-19H,2-3,15-17H2,1H3,(H,39,41);4-10,12,16-18H,2-3,13-15H2,1H3,(H,38,41). The monoisotopic (exact) mass is 1310 g/mol. The Labute approximate surface area is 541 Å². The Morgan fingerprint density at radius 1 is 0.596 bits per heavy atom. The van der Waals surface area contributed by atoms with Gasteiger partial charge in [0.25, 0.3) is 22.9 Å². The predicted octanol–water partition coefficient (Wildman–Crippen LogP) is 12.1. The molecule has 2 aliphatic heterocycles. The molecular weight excluding hydrogens is 1260 g/mol. The van der Waals surface area contributed by atoms with E-state index in [1.807, 2.05) is 0 Å². The molecule has 0 bridgehead atoms. The van der Waals surface area contributed by atoms with Crippen LogP contribution in [0.4, 0.5) is 20.2 Å². The fraction of sp³-hybridized carbons (Fsp3) is 0.179. The van der Waals surface area contributed by atoms with Crippen molar-refractivity contribution in [3.05, 3.63) is 204 Å². The van der Waals surface area contributed by atoms with Crippen LogP contribution < -0.4 is 70.1 Å². The largest absolute Gasteiger partial charge is 0.496 e. The van der Waals surface area contributed by atoms with E-state index >= 15 is 0 Å². The van der Waals surface area contributed by atoms with Gasteiger partial charge in [-0.25, -0.2) is 18.1 Å². The molecule has 6 heterocycles. The van der Waals surface area contributed by atoms with Gasteiger partial charge in [0, 0.05) is 74.6 Å². The lowest BCUT2D eigenvalue weighted by Gasteiger charge is -2.23. The van der Waals surface area contributed by atoms with E-state index in [0.717, 1.165) is 27.5 Å². The van der Waals surface area contributed by atoms with Gasteiger partial charge in [0.15, 0.2) is 23.0 Å². The first-order valence-corrected chi connectivity index (χ1v) is 29.5. The zero-order chi connectivity index (χ0) is 66.0. The normalized spacial score (nSPS) is 11.9. The number of methoxy groups -OCH3 is 1. The molecule has 27 heteroatoms. The van der Waals surface area contributed by atoms with Crippen LogP contribution in [0.5, 0.6) is 63.2 Å². The number of anilines is 2. The van der Waals surface area contributed by atoms with Gasteiger partial charge in [-0.1, -0.05) is 23.2 Å². The Kier molecular flexibility index (Phi) is 19.5. The lowest BCUT2D eigenvalue weighted by molar-refractivity contribution is 0.101. The number of nitriles is 2. The van der Waals surface area contributed by atoms with Gasteiger partial charge in [-0.05, 0) is 104 Å². The third kappa shape index (κ3) is 13.8. The number of carbonyl (C=O) groups is 2. The molecule has 2 amide bonds. The fourth-order valence-corrected chi connectivity index (χ4v) is 10.3. The molecule has 6 aromatic carbocycles. The number of aryl methyl sites for hydroxylation is 1. The second-order valence-corrected chi connectivity index (χ2v) is 21.3. The minimum Gasteiger partial charge on any atom is -0.496 e. The molecule has 10 aromatic rings. The van der Waals surface area contributed by atoms with Crippen LogP contribution in [0, 0.1) is 34.3 Å². The maximum absolute atomic E-state index is 13.4. The maximum Gasteiger partial charge on any atom is 0.335 e. The first-order chi connectivity index (χ1) is 45.6. The number of carbonyl (C=O) groups excluding carboxylic acids is 2. The number of amides is 2. The number of rotatable bonds is 19. The number of halogens is 4. The quantitative estimate of drug-likeness (QED) is 0.0712. The highest BCUT2D eigenvalue weighted by molar-refractivity contribution is 6.34. The van der Waals surface area contributed by atoms with Gasteiger partial charge in [0.05, 0.1) is 81.4 Å². The van der Waals surface area contributed by atoms with Crippen LogP contribution in [-0.2, 0) is 7.05 Å². The SMILES string of the molecule is COc1ccn(-c2ccc(F)cc2)c(=O)c1C(=O)Nc1ccc(Oc2ccnc3cc(OCCCC#N)c4c(c23)OCCO4)cc1Cl.Cn1cc(C(=O)Nc2ccc(Oc3ccnc4cc(OCCCC#N)c5c(c34)OCCO5)cc2Cl)c(=O)n(-c2ccc(F)cc2)c1=O. The van der Waals surface area contributed by atoms with Crippen molar-refractivity contribution in [3.8, 4) is 86.8 Å². The molecule has 0 radical (unpaired) electrons. The van der Waals surface area contributed by atoms with E-state index in [0.29, 0.717) is 150 Å². The molecule has 2 aliphatic rings. The number of aromatic nitrogens is 5. The average Bonchev–Trinajstić information content (AvgIpc) is 0.780. The van der Waals surface area contributed by atoms with Crippen LogP contribution in [0.1, 0.15) is 46.4 Å². The minimum atomic E-state index is -0.886. The average molecular weight is 1320 g/mol. The molecule has 0 spiro atoms. The van der Waals surface area contributed by atoms with Gasteiger partial charge in [0.1, 0.15) is 77.9 Å². The molecule has 0 saturated heterocycles. The van der Waals surface area contributed by atoms with Crippen molar-refractivity contribution in [1.29, 1.82) is 10.5 Å². The number of fused-ring (bicyclic) bond motifs is 6. The smallest absolute Gasteiger partial charge is 0.335 e. The van der Waals surface area contributed by atoms with Crippen LogP contribution in [0.3, 0.4) is 0 Å². The van der Waals surface area contributed by atoms with Gasteiger partial charge >= 0.3 is 5.69 Å². The molecule has 94 heavy (non-hydrogen) atoms. The third-order valence-corrected chi connectivity index (χ3v) is 14.9. The van der Waals surface area contributed by atoms with Gasteiger partial charge < -0.3 is 57.8 Å². The molecule has 0 fully saturated rings. The van der Waals surface area contributed by atoms with E-state index in [1.165, 1.54) is 91.7 Å². The first kappa shape index (κ1) is 63.9. The summed E-state index contributed by atoms with van der Waals surface area (Å²) in [7, 11) is 2.73. The van der Waals surface area contributed by atoms with Crippen molar-refractivity contribution in [2.75, 3.05) is 57.4 Å². The van der Waals surface area contributed by atoms with Crippen LogP contribution in [0.15, 0.2) is 154 Å². The number of hydrogen-bond donors (Lipinski definition) is 2. The molecule has 4 aromatic heterocycles. The number of unbranched alkanes of at least 4 members (excludes halogenated alkanes) is 2. The van der Waals surface area contributed by atoms with Crippen molar-refractivity contribution in [3.63, 3.8) is 0 Å². The van der Waals surface area contributed by atoms with Crippen molar-refractivity contribution >= 4 is 68.2 Å². The molecular formula is C67H51Cl2F2N9O14. The predicted molar refractivity (Wildman–Crippen MR) is 341 cm³/mol. The molecule has 0 saturated carbocycles. The Morgan fingerprint density at radius 2 is 1.07 bits per heavy atom. The van der Waals surface area contributed by atoms with Crippen molar-refractivity contribution in [2.45, 2.75) is 25.7 Å². The number of nitrogens with one attached hydrogen (secondary N) is 2. The summed E-state index contributed by atoms with van der Waals surface area (Å²) in [5.41, 5.74) is -0.925. The highest BCUT2D eigenvalue weighted by atomic mass is 35.5. The fourth-order valence-electron chi connectivity index (χ4n) is 9.90. The number of nitrogens with zero attached hydrogens (tertiary/aromatic N) is 7. The highest BCUT2D eigenvalue weighted by Crippen LogP contribution is 2.50. The summed E-state index contributed by atoms with van der Waals surface area (Å²) < 4.78 is 83.1. The third-order valence-electron chi connectivity index (χ3n) is 14.3. The Morgan fingerprint density at radius 3 is 1.55 bits per heavy atom. The first-order valence-electron chi connectivity index (χ1n) is 28.8. The van der Waals surface area contributed by atoms with Crippen LogP contribution >= 0.6 is 23.2 Å². The molecule has 476 valence electrons. The van der Waals surface area contributed by atoms with E-state index in [4.69, 9.17) is 76.4 Å². The number of hydrogen-bond acceptors (Lipinski definition) is 18. The topological polar surface area (TPSA) is 281 Å². The van der Waals surface area contributed by atoms with Gasteiger partial charge in [-0.3, -0.25) is 33.7 Å². The van der Waals surface area contributed by atoms with Crippen LogP contribution in [-0.4, -0.2) is 82.2 Å². The number of pyridine rings is 3. The number of benzene rings is 6. The minimum absolute atomic E-state index is 0.0526. The molecule has 0 unspecified atom stereocenters. The number of ether oxygens (including phenoxy) is 9. The van der Waals surface area contributed by atoms with Gasteiger partial charge in [-0.2, -0.15) is 10.5 Å². The lowest BCUT2D eigenvalue weighted by Crippen LogP contribution is -2.41. The molecule has 12 rings (SSSR count). The summed E-state index contributed by atoms with van der Waals surface area (Å²) in [6, 6.07) is 31.7. The second-order valence-electron chi connectivity index (χ2n) is 20.4. The van der Waals surface area contributed by atoms with E-state index in [2.05, 4.69) is 32.7 Å². The van der Waals surface area contributed by atoms with Gasteiger partial charge in [0.2, 0.25) is 11.5 Å². The van der Waals surface area contributed by atoms with Crippen molar-refractivity contribution < 1.29 is 61.0 Å². The van der Waals surface area contributed by atoms with Crippen molar-refractivity contribution in [1.82, 2.24) is 23.7 Å². The summed E-state index contributed by atoms with van der Waals surface area (Å²) in [6.07, 6.45) is 7.54. The molecule has 2 N–H and O–H groups in total. The van der Waals surface area contributed by atoms with E-state index < -0.39 is 40.3 Å². The Hall–Kier alpha value is -11.7. The summed E-state index contributed by atoms with van der Waals surface area (Å²) in [5, 5.41) is 24.3. The Bertz CT molecular complexity index is 4860. The second kappa shape index (κ2) is 28.7. The highest BCUT2D eigenvalue weighted by Gasteiger charge is 2.28.